The minimum absolute atomic E-state index is 0.388. The fourth-order valence-corrected chi connectivity index (χ4v) is 2.82. The molecule has 138 valence electrons. The molecule has 2 aromatic heterocycles. The summed E-state index contributed by atoms with van der Waals surface area (Å²) in [5, 5.41) is 12.5. The molecular formula is C17H20N4O4S. The zero-order chi connectivity index (χ0) is 18.4. The summed E-state index contributed by atoms with van der Waals surface area (Å²) in [6, 6.07) is 5.40. The Morgan fingerprint density at radius 1 is 1.08 bits per heavy atom. The molecule has 0 aliphatic heterocycles. The minimum atomic E-state index is 0.388. The second-order valence-electron chi connectivity index (χ2n) is 5.47. The van der Waals surface area contributed by atoms with Crippen LogP contribution >= 0.6 is 11.8 Å². The largest absolute Gasteiger partial charge is 0.497 e. The van der Waals surface area contributed by atoms with Crippen molar-refractivity contribution in [3.63, 3.8) is 0 Å². The molecule has 9 heteroatoms. The highest BCUT2D eigenvalue weighted by Crippen LogP contribution is 2.31. The fraction of sp³-hybridized carbons (Fsp3) is 0.412. The van der Waals surface area contributed by atoms with Crippen LogP contribution in [0.25, 0.3) is 11.5 Å². The van der Waals surface area contributed by atoms with Crippen LogP contribution in [-0.4, -0.2) is 34.6 Å². The maximum atomic E-state index is 5.70. The third-order valence-electron chi connectivity index (χ3n) is 3.59. The van der Waals surface area contributed by atoms with E-state index in [1.54, 1.807) is 20.3 Å². The zero-order valence-corrected chi connectivity index (χ0v) is 15.7. The molecule has 0 saturated carbocycles. The van der Waals surface area contributed by atoms with Gasteiger partial charge in [-0.25, -0.2) is 0 Å². The standard InChI is InChI=1S/C17H20N4O4S/c1-4-5-6-14-18-15(25-21-14)10-26-17-20-19-16(24-17)11-7-12(22-2)9-13(8-11)23-3/h7-9H,4-6,10H2,1-3H3. The summed E-state index contributed by atoms with van der Waals surface area (Å²) in [5.74, 6) is 3.44. The average Bonchev–Trinajstić information content (AvgIpc) is 3.33. The van der Waals surface area contributed by atoms with Crippen molar-refractivity contribution < 1.29 is 18.4 Å². The molecule has 0 spiro atoms. The average molecular weight is 376 g/mol. The SMILES string of the molecule is CCCCc1noc(CSc2nnc(-c3cc(OC)cc(OC)c3)o2)n1. The van der Waals surface area contributed by atoms with Gasteiger partial charge in [-0.05, 0) is 18.6 Å². The molecule has 8 nitrogen and oxygen atoms in total. The van der Waals surface area contributed by atoms with E-state index in [0.717, 1.165) is 30.7 Å². The Hall–Kier alpha value is -2.55. The van der Waals surface area contributed by atoms with E-state index in [-0.39, 0.29) is 0 Å². The number of hydrogen-bond donors (Lipinski definition) is 0. The van der Waals surface area contributed by atoms with Crippen LogP contribution in [0.5, 0.6) is 11.5 Å². The van der Waals surface area contributed by atoms with Gasteiger partial charge in [-0.1, -0.05) is 30.3 Å². The first-order valence-corrected chi connectivity index (χ1v) is 9.21. The predicted octanol–water partition coefficient (Wildman–Crippen LogP) is 3.77. The van der Waals surface area contributed by atoms with E-state index < -0.39 is 0 Å². The van der Waals surface area contributed by atoms with Gasteiger partial charge in [0, 0.05) is 18.1 Å². The van der Waals surface area contributed by atoms with Gasteiger partial charge in [0.15, 0.2) is 5.82 Å². The maximum absolute atomic E-state index is 5.70. The third-order valence-corrected chi connectivity index (χ3v) is 4.39. The predicted molar refractivity (Wildman–Crippen MR) is 95.3 cm³/mol. The Morgan fingerprint density at radius 2 is 1.85 bits per heavy atom. The lowest BCUT2D eigenvalue weighted by Crippen LogP contribution is -1.88. The van der Waals surface area contributed by atoms with E-state index in [2.05, 4.69) is 27.3 Å². The van der Waals surface area contributed by atoms with Crippen molar-refractivity contribution in [1.82, 2.24) is 20.3 Å². The molecular weight excluding hydrogens is 356 g/mol. The number of hydrogen-bond acceptors (Lipinski definition) is 9. The number of rotatable bonds is 9. The molecule has 0 saturated heterocycles. The lowest BCUT2D eigenvalue weighted by molar-refractivity contribution is 0.383. The summed E-state index contributed by atoms with van der Waals surface area (Å²) >= 11 is 1.35. The second-order valence-corrected chi connectivity index (χ2v) is 6.40. The quantitative estimate of drug-likeness (QED) is 0.517. The number of aromatic nitrogens is 4. The number of benzene rings is 1. The van der Waals surface area contributed by atoms with Crippen LogP contribution < -0.4 is 9.47 Å². The smallest absolute Gasteiger partial charge is 0.277 e. The van der Waals surface area contributed by atoms with E-state index in [9.17, 15) is 0 Å². The highest BCUT2D eigenvalue weighted by atomic mass is 32.2. The first-order valence-electron chi connectivity index (χ1n) is 8.23. The summed E-state index contributed by atoms with van der Waals surface area (Å²) in [5.41, 5.74) is 0.722. The highest BCUT2D eigenvalue weighted by molar-refractivity contribution is 7.98. The summed E-state index contributed by atoms with van der Waals surface area (Å²) in [6.07, 6.45) is 2.97. The van der Waals surface area contributed by atoms with E-state index in [1.165, 1.54) is 11.8 Å². The number of aryl methyl sites for hydroxylation is 1. The summed E-state index contributed by atoms with van der Waals surface area (Å²) in [6.45, 7) is 2.13. The molecule has 0 atom stereocenters. The van der Waals surface area contributed by atoms with Gasteiger partial charge in [0.2, 0.25) is 11.8 Å². The molecule has 26 heavy (non-hydrogen) atoms. The normalized spacial score (nSPS) is 10.9. The van der Waals surface area contributed by atoms with Crippen molar-refractivity contribution in [2.45, 2.75) is 37.2 Å². The molecule has 0 aliphatic rings. The van der Waals surface area contributed by atoms with E-state index >= 15 is 0 Å². The van der Waals surface area contributed by atoms with Crippen molar-refractivity contribution in [3.8, 4) is 23.0 Å². The first kappa shape index (κ1) is 18.2. The molecule has 3 aromatic rings. The molecule has 0 bridgehead atoms. The highest BCUT2D eigenvalue weighted by Gasteiger charge is 2.14. The second kappa shape index (κ2) is 8.70. The number of nitrogens with zero attached hydrogens (tertiary/aromatic N) is 4. The van der Waals surface area contributed by atoms with Gasteiger partial charge >= 0.3 is 0 Å². The Labute approximate surface area is 155 Å². The lowest BCUT2D eigenvalue weighted by atomic mass is 10.2. The van der Waals surface area contributed by atoms with Crippen LogP contribution in [0.2, 0.25) is 0 Å². The van der Waals surface area contributed by atoms with Gasteiger partial charge in [-0.15, -0.1) is 10.2 Å². The molecule has 0 amide bonds. The number of thioether (sulfide) groups is 1. The molecule has 0 radical (unpaired) electrons. The molecule has 0 aliphatic carbocycles. The monoisotopic (exact) mass is 376 g/mol. The van der Waals surface area contributed by atoms with Crippen LogP contribution in [0.15, 0.2) is 32.4 Å². The molecule has 0 unspecified atom stereocenters. The summed E-state index contributed by atoms with van der Waals surface area (Å²) in [7, 11) is 3.18. The van der Waals surface area contributed by atoms with Crippen molar-refractivity contribution >= 4 is 11.8 Å². The van der Waals surface area contributed by atoms with Crippen molar-refractivity contribution in [2.75, 3.05) is 14.2 Å². The Kier molecular flexibility index (Phi) is 6.11. The van der Waals surface area contributed by atoms with Crippen LogP contribution in [0.4, 0.5) is 0 Å². The zero-order valence-electron chi connectivity index (χ0n) is 14.9. The van der Waals surface area contributed by atoms with Crippen LogP contribution in [0, 0.1) is 0 Å². The molecule has 0 fully saturated rings. The maximum Gasteiger partial charge on any atom is 0.277 e. The van der Waals surface area contributed by atoms with Crippen molar-refractivity contribution in [1.29, 1.82) is 0 Å². The van der Waals surface area contributed by atoms with Crippen molar-refractivity contribution in [3.05, 3.63) is 29.9 Å². The topological polar surface area (TPSA) is 96.3 Å². The Balaban J connectivity index is 1.65. The van der Waals surface area contributed by atoms with Crippen LogP contribution in [-0.2, 0) is 12.2 Å². The Bertz CT molecular complexity index is 827. The van der Waals surface area contributed by atoms with E-state index in [4.69, 9.17) is 18.4 Å². The molecule has 0 N–H and O–H groups in total. The fourth-order valence-electron chi connectivity index (χ4n) is 2.22. The Morgan fingerprint density at radius 3 is 2.54 bits per heavy atom. The van der Waals surface area contributed by atoms with Crippen LogP contribution in [0.3, 0.4) is 0 Å². The van der Waals surface area contributed by atoms with E-state index in [0.29, 0.717) is 34.3 Å². The van der Waals surface area contributed by atoms with Gasteiger partial charge < -0.3 is 18.4 Å². The molecule has 1 aromatic carbocycles. The molecule has 3 rings (SSSR count). The first-order chi connectivity index (χ1) is 12.7. The number of unbranched alkanes of at least 4 members (excludes halogenated alkanes) is 1. The van der Waals surface area contributed by atoms with Gasteiger partial charge in [-0.2, -0.15) is 4.98 Å². The number of ether oxygens (including phenoxy) is 2. The lowest BCUT2D eigenvalue weighted by Gasteiger charge is -2.05. The van der Waals surface area contributed by atoms with Gasteiger partial charge in [-0.3, -0.25) is 0 Å². The third kappa shape index (κ3) is 4.54. The van der Waals surface area contributed by atoms with Gasteiger partial charge in [0.1, 0.15) is 11.5 Å². The van der Waals surface area contributed by atoms with Gasteiger partial charge in [0.25, 0.3) is 5.22 Å². The van der Waals surface area contributed by atoms with Crippen LogP contribution in [0.1, 0.15) is 31.5 Å². The van der Waals surface area contributed by atoms with E-state index in [1.807, 2.05) is 12.1 Å². The summed E-state index contributed by atoms with van der Waals surface area (Å²) < 4.78 is 21.4. The minimum Gasteiger partial charge on any atom is -0.497 e. The summed E-state index contributed by atoms with van der Waals surface area (Å²) in [4.78, 5) is 4.35. The molecule has 2 heterocycles. The van der Waals surface area contributed by atoms with Crippen molar-refractivity contribution in [2.24, 2.45) is 0 Å². The number of methoxy groups -OCH3 is 2. The van der Waals surface area contributed by atoms with Gasteiger partial charge in [0.05, 0.1) is 20.0 Å².